The molecule has 0 amide bonds. The zero-order valence-corrected chi connectivity index (χ0v) is 17.7. The van der Waals surface area contributed by atoms with Gasteiger partial charge in [0.25, 0.3) is 0 Å². The highest BCUT2D eigenvalue weighted by Gasteiger charge is 2.28. The van der Waals surface area contributed by atoms with Crippen molar-refractivity contribution in [3.63, 3.8) is 0 Å². The van der Waals surface area contributed by atoms with Gasteiger partial charge in [-0.1, -0.05) is 18.6 Å². The Morgan fingerprint density at radius 2 is 1.73 bits per heavy atom. The van der Waals surface area contributed by atoms with Crippen LogP contribution in [-0.2, 0) is 6.54 Å². The molecular weight excluding hydrogens is 391 g/mol. The average Bonchev–Trinajstić information content (AvgIpc) is 3.02. The molecule has 0 saturated carbocycles. The van der Waals surface area contributed by atoms with Crippen molar-refractivity contribution in [2.45, 2.75) is 44.7 Å². The number of aromatic nitrogens is 2. The lowest BCUT2D eigenvalue weighted by Gasteiger charge is -2.44. The third-order valence-electron chi connectivity index (χ3n) is 5.57. The Kier molecular flexibility index (Phi) is 10.3. The molecule has 4 nitrogen and oxygen atoms in total. The SMILES string of the molecule is Cl.Cl.Cl.c1ccc2c(c1)ncn2CCCCN1CCN2CCCCC2C1. The highest BCUT2D eigenvalue weighted by Crippen LogP contribution is 2.21. The van der Waals surface area contributed by atoms with Crippen LogP contribution in [-0.4, -0.2) is 58.1 Å². The summed E-state index contributed by atoms with van der Waals surface area (Å²) in [6, 6.07) is 9.27. The zero-order chi connectivity index (χ0) is 15.5. The van der Waals surface area contributed by atoms with Gasteiger partial charge in [0, 0.05) is 32.2 Å². The summed E-state index contributed by atoms with van der Waals surface area (Å²) in [5.41, 5.74) is 2.38. The Morgan fingerprint density at radius 1 is 0.923 bits per heavy atom. The standard InChI is InChI=1S/C19H28N4.3ClH/c1-2-9-19-18(8-1)20-16-23(19)12-6-5-10-21-13-14-22-11-4-3-7-17(22)15-21;;;/h1-2,8-9,16-17H,3-7,10-15H2;3*1H. The van der Waals surface area contributed by atoms with E-state index in [9.17, 15) is 0 Å². The number of hydrogen-bond acceptors (Lipinski definition) is 3. The van der Waals surface area contributed by atoms with Crippen molar-refractivity contribution in [2.24, 2.45) is 0 Å². The summed E-state index contributed by atoms with van der Waals surface area (Å²) in [6.07, 6.45) is 8.78. The second-order valence-electron chi connectivity index (χ2n) is 7.12. The highest BCUT2D eigenvalue weighted by atomic mass is 35.5. The average molecular weight is 422 g/mol. The Hall–Kier alpha value is -0.520. The van der Waals surface area contributed by atoms with E-state index in [2.05, 4.69) is 43.6 Å². The van der Waals surface area contributed by atoms with Crippen LogP contribution in [0.25, 0.3) is 11.0 Å². The van der Waals surface area contributed by atoms with Gasteiger partial charge in [-0.05, 0) is 50.9 Å². The lowest BCUT2D eigenvalue weighted by atomic mass is 9.99. The molecule has 1 unspecified atom stereocenters. The molecule has 2 aliphatic rings. The monoisotopic (exact) mass is 420 g/mol. The number of aryl methyl sites for hydroxylation is 1. The quantitative estimate of drug-likeness (QED) is 0.674. The molecule has 1 aromatic carbocycles. The molecule has 7 heteroatoms. The van der Waals surface area contributed by atoms with Gasteiger partial charge in [0.1, 0.15) is 0 Å². The van der Waals surface area contributed by atoms with E-state index in [1.54, 1.807) is 0 Å². The molecule has 2 fully saturated rings. The normalized spacial score (nSPS) is 20.5. The lowest BCUT2D eigenvalue weighted by molar-refractivity contribution is 0.0486. The van der Waals surface area contributed by atoms with Crippen LogP contribution >= 0.6 is 37.2 Å². The number of piperidine rings is 1. The third kappa shape index (κ3) is 5.49. The van der Waals surface area contributed by atoms with Gasteiger partial charge < -0.3 is 9.47 Å². The Balaban J connectivity index is 0.00000113. The molecule has 148 valence electrons. The van der Waals surface area contributed by atoms with Crippen LogP contribution in [0.2, 0.25) is 0 Å². The van der Waals surface area contributed by atoms with E-state index < -0.39 is 0 Å². The van der Waals surface area contributed by atoms with Crippen molar-refractivity contribution in [2.75, 3.05) is 32.7 Å². The maximum Gasteiger partial charge on any atom is 0.0958 e. The number of para-hydroxylation sites is 2. The molecule has 1 atom stereocenters. The molecule has 0 aliphatic carbocycles. The van der Waals surface area contributed by atoms with Gasteiger partial charge in [0.2, 0.25) is 0 Å². The second kappa shape index (κ2) is 11.4. The Morgan fingerprint density at radius 3 is 2.62 bits per heavy atom. The van der Waals surface area contributed by atoms with Gasteiger partial charge in [-0.3, -0.25) is 4.90 Å². The van der Waals surface area contributed by atoms with Crippen molar-refractivity contribution in [3.8, 4) is 0 Å². The first-order valence-electron chi connectivity index (χ1n) is 9.26. The summed E-state index contributed by atoms with van der Waals surface area (Å²) in [4.78, 5) is 9.89. The van der Waals surface area contributed by atoms with Crippen LogP contribution in [0.5, 0.6) is 0 Å². The first-order valence-corrected chi connectivity index (χ1v) is 9.26. The minimum atomic E-state index is 0. The summed E-state index contributed by atoms with van der Waals surface area (Å²) >= 11 is 0. The molecule has 4 rings (SSSR count). The summed E-state index contributed by atoms with van der Waals surface area (Å²) < 4.78 is 2.30. The van der Waals surface area contributed by atoms with Crippen LogP contribution in [0.1, 0.15) is 32.1 Å². The molecule has 0 bridgehead atoms. The number of nitrogens with zero attached hydrogens (tertiary/aromatic N) is 4. The fourth-order valence-corrected chi connectivity index (χ4v) is 4.23. The minimum absolute atomic E-state index is 0. The smallest absolute Gasteiger partial charge is 0.0958 e. The molecule has 3 heterocycles. The number of hydrogen-bond donors (Lipinski definition) is 0. The number of halogens is 3. The molecule has 0 spiro atoms. The number of imidazole rings is 1. The van der Waals surface area contributed by atoms with Crippen molar-refractivity contribution < 1.29 is 0 Å². The third-order valence-corrected chi connectivity index (χ3v) is 5.57. The number of fused-ring (bicyclic) bond motifs is 2. The van der Waals surface area contributed by atoms with E-state index in [0.29, 0.717) is 0 Å². The largest absolute Gasteiger partial charge is 0.331 e. The predicted molar refractivity (Wildman–Crippen MR) is 116 cm³/mol. The van der Waals surface area contributed by atoms with Gasteiger partial charge in [0.05, 0.1) is 17.4 Å². The Bertz CT molecular complexity index is 649. The molecule has 0 N–H and O–H groups in total. The zero-order valence-electron chi connectivity index (χ0n) is 15.3. The molecule has 1 aromatic heterocycles. The van der Waals surface area contributed by atoms with Crippen LogP contribution in [0.4, 0.5) is 0 Å². The van der Waals surface area contributed by atoms with Gasteiger partial charge in [0.15, 0.2) is 0 Å². The molecule has 2 aromatic rings. The van der Waals surface area contributed by atoms with Crippen molar-refractivity contribution in [3.05, 3.63) is 30.6 Å². The number of rotatable bonds is 5. The van der Waals surface area contributed by atoms with Crippen LogP contribution in [0.15, 0.2) is 30.6 Å². The first kappa shape index (κ1) is 23.5. The first-order chi connectivity index (χ1) is 11.4. The number of benzene rings is 1. The summed E-state index contributed by atoms with van der Waals surface area (Å²) in [6.45, 7) is 7.54. The van der Waals surface area contributed by atoms with E-state index in [4.69, 9.17) is 0 Å². The van der Waals surface area contributed by atoms with Crippen LogP contribution in [0.3, 0.4) is 0 Å². The van der Waals surface area contributed by atoms with Crippen molar-refractivity contribution >= 4 is 48.3 Å². The molecular formula is C19H31Cl3N4. The minimum Gasteiger partial charge on any atom is -0.331 e. The van der Waals surface area contributed by atoms with Gasteiger partial charge in [-0.2, -0.15) is 0 Å². The fraction of sp³-hybridized carbons (Fsp3) is 0.632. The highest BCUT2D eigenvalue weighted by molar-refractivity contribution is 5.86. The van der Waals surface area contributed by atoms with Crippen LogP contribution < -0.4 is 0 Å². The van der Waals surface area contributed by atoms with E-state index in [0.717, 1.165) is 18.1 Å². The van der Waals surface area contributed by atoms with Gasteiger partial charge in [-0.15, -0.1) is 37.2 Å². The van der Waals surface area contributed by atoms with Crippen molar-refractivity contribution in [1.29, 1.82) is 0 Å². The topological polar surface area (TPSA) is 24.3 Å². The second-order valence-corrected chi connectivity index (χ2v) is 7.12. The predicted octanol–water partition coefficient (Wildman–Crippen LogP) is 4.25. The number of piperazine rings is 1. The maximum atomic E-state index is 4.48. The summed E-state index contributed by atoms with van der Waals surface area (Å²) in [5, 5.41) is 0. The summed E-state index contributed by atoms with van der Waals surface area (Å²) in [7, 11) is 0. The van der Waals surface area contributed by atoms with E-state index in [1.165, 1.54) is 70.3 Å². The van der Waals surface area contributed by atoms with Gasteiger partial charge >= 0.3 is 0 Å². The number of unbranched alkanes of at least 4 members (excludes halogenated alkanes) is 1. The summed E-state index contributed by atoms with van der Waals surface area (Å²) in [5.74, 6) is 0. The van der Waals surface area contributed by atoms with Crippen LogP contribution in [0, 0.1) is 0 Å². The fourth-order valence-electron chi connectivity index (χ4n) is 4.23. The van der Waals surface area contributed by atoms with E-state index >= 15 is 0 Å². The van der Waals surface area contributed by atoms with E-state index in [1.807, 2.05) is 6.33 Å². The van der Waals surface area contributed by atoms with Crippen molar-refractivity contribution in [1.82, 2.24) is 19.4 Å². The molecule has 2 aliphatic heterocycles. The molecule has 26 heavy (non-hydrogen) atoms. The molecule has 2 saturated heterocycles. The van der Waals surface area contributed by atoms with E-state index in [-0.39, 0.29) is 37.2 Å². The molecule has 0 radical (unpaired) electrons. The maximum absolute atomic E-state index is 4.48. The lowest BCUT2D eigenvalue weighted by Crippen LogP contribution is -2.54. The Labute approximate surface area is 175 Å². The van der Waals surface area contributed by atoms with Gasteiger partial charge in [-0.25, -0.2) is 4.98 Å².